The second-order valence-electron chi connectivity index (χ2n) is 3.71. The molecule has 2 aromatic rings. The molecule has 0 spiro atoms. The summed E-state index contributed by atoms with van der Waals surface area (Å²) < 4.78 is 1.64. The number of hydrogen-bond acceptors (Lipinski definition) is 2. The molecule has 0 saturated heterocycles. The lowest BCUT2D eigenvalue weighted by Gasteiger charge is -2.06. The van der Waals surface area contributed by atoms with Crippen molar-refractivity contribution in [2.45, 2.75) is 13.3 Å². The van der Waals surface area contributed by atoms with E-state index >= 15 is 0 Å². The van der Waals surface area contributed by atoms with Gasteiger partial charge in [-0.25, -0.2) is 4.68 Å². The number of halogens is 1. The van der Waals surface area contributed by atoms with E-state index in [1.165, 1.54) is 0 Å². The van der Waals surface area contributed by atoms with Gasteiger partial charge >= 0.3 is 5.97 Å². The SMILES string of the molecule is Cc1c(Cl)cccc1-n1ccc(CC(=O)O)n1. The van der Waals surface area contributed by atoms with Crippen molar-refractivity contribution in [3.63, 3.8) is 0 Å². The highest BCUT2D eigenvalue weighted by atomic mass is 35.5. The van der Waals surface area contributed by atoms with Gasteiger partial charge in [-0.3, -0.25) is 4.79 Å². The summed E-state index contributed by atoms with van der Waals surface area (Å²) >= 11 is 6.02. The van der Waals surface area contributed by atoms with Gasteiger partial charge < -0.3 is 5.11 Å². The van der Waals surface area contributed by atoms with Crippen LogP contribution in [0.2, 0.25) is 5.02 Å². The third-order valence-electron chi connectivity index (χ3n) is 2.46. The Morgan fingerprint density at radius 3 is 2.94 bits per heavy atom. The summed E-state index contributed by atoms with van der Waals surface area (Å²) in [5.74, 6) is -0.891. The molecule has 0 aliphatic carbocycles. The molecule has 88 valence electrons. The molecule has 0 aliphatic heterocycles. The third kappa shape index (κ3) is 2.47. The molecular formula is C12H11ClN2O2. The Balaban J connectivity index is 2.37. The van der Waals surface area contributed by atoms with E-state index in [0.717, 1.165) is 11.3 Å². The molecule has 1 aromatic carbocycles. The summed E-state index contributed by atoms with van der Waals surface area (Å²) in [6.45, 7) is 1.90. The summed E-state index contributed by atoms with van der Waals surface area (Å²) in [5.41, 5.74) is 2.30. The van der Waals surface area contributed by atoms with Gasteiger partial charge in [0.2, 0.25) is 0 Å². The summed E-state index contributed by atoms with van der Waals surface area (Å²) in [6, 6.07) is 7.22. The highest BCUT2D eigenvalue weighted by molar-refractivity contribution is 6.31. The molecule has 1 aromatic heterocycles. The van der Waals surface area contributed by atoms with Gasteiger partial charge in [0.05, 0.1) is 17.8 Å². The van der Waals surface area contributed by atoms with Crippen molar-refractivity contribution < 1.29 is 9.90 Å². The van der Waals surface area contributed by atoms with E-state index in [4.69, 9.17) is 16.7 Å². The number of aliphatic carboxylic acids is 1. The largest absolute Gasteiger partial charge is 0.481 e. The van der Waals surface area contributed by atoms with Crippen LogP contribution in [0.3, 0.4) is 0 Å². The number of aromatic nitrogens is 2. The van der Waals surface area contributed by atoms with Gasteiger partial charge in [0.1, 0.15) is 0 Å². The van der Waals surface area contributed by atoms with Gasteiger partial charge in [-0.05, 0) is 30.7 Å². The molecule has 0 bridgehead atoms. The number of carboxylic acids is 1. The predicted octanol–water partition coefficient (Wildman–Crippen LogP) is 2.46. The summed E-state index contributed by atoms with van der Waals surface area (Å²) in [4.78, 5) is 10.6. The zero-order valence-corrected chi connectivity index (χ0v) is 9.98. The predicted molar refractivity (Wildman–Crippen MR) is 64.7 cm³/mol. The fraction of sp³-hybridized carbons (Fsp3) is 0.167. The molecule has 17 heavy (non-hydrogen) atoms. The number of carboxylic acid groups (broad SMARTS) is 1. The van der Waals surface area contributed by atoms with Gasteiger partial charge in [0.25, 0.3) is 0 Å². The highest BCUT2D eigenvalue weighted by Crippen LogP contribution is 2.21. The molecule has 0 aliphatic rings. The van der Waals surface area contributed by atoms with Crippen molar-refractivity contribution in [3.05, 3.63) is 46.7 Å². The second-order valence-corrected chi connectivity index (χ2v) is 4.11. The molecule has 0 unspecified atom stereocenters. The molecule has 0 radical (unpaired) electrons. The average Bonchev–Trinajstić information content (AvgIpc) is 2.69. The van der Waals surface area contributed by atoms with Crippen molar-refractivity contribution >= 4 is 17.6 Å². The van der Waals surface area contributed by atoms with E-state index in [-0.39, 0.29) is 6.42 Å². The first kappa shape index (κ1) is 11.7. The summed E-state index contributed by atoms with van der Waals surface area (Å²) in [7, 11) is 0. The fourth-order valence-electron chi connectivity index (χ4n) is 1.59. The van der Waals surface area contributed by atoms with Crippen molar-refractivity contribution in [1.29, 1.82) is 0 Å². The molecule has 0 fully saturated rings. The molecule has 0 amide bonds. The average molecular weight is 251 g/mol. The number of hydrogen-bond donors (Lipinski definition) is 1. The van der Waals surface area contributed by atoms with Crippen molar-refractivity contribution in [1.82, 2.24) is 9.78 Å². The second kappa shape index (κ2) is 4.59. The maximum absolute atomic E-state index is 10.6. The van der Waals surface area contributed by atoms with Gasteiger partial charge in [0, 0.05) is 11.2 Å². The van der Waals surface area contributed by atoms with Crippen LogP contribution in [0.1, 0.15) is 11.3 Å². The molecule has 1 heterocycles. The summed E-state index contributed by atoms with van der Waals surface area (Å²) in [5, 5.41) is 13.5. The van der Waals surface area contributed by atoms with Crippen LogP contribution in [0.5, 0.6) is 0 Å². The first-order valence-corrected chi connectivity index (χ1v) is 5.47. The lowest BCUT2D eigenvalue weighted by Crippen LogP contribution is -2.03. The Kier molecular flexibility index (Phi) is 3.15. The van der Waals surface area contributed by atoms with E-state index in [1.54, 1.807) is 16.9 Å². The molecule has 4 nitrogen and oxygen atoms in total. The van der Waals surface area contributed by atoms with Crippen LogP contribution in [0.4, 0.5) is 0 Å². The third-order valence-corrected chi connectivity index (χ3v) is 2.87. The normalized spacial score (nSPS) is 10.5. The van der Waals surface area contributed by atoms with Crippen molar-refractivity contribution in [2.75, 3.05) is 0 Å². The lowest BCUT2D eigenvalue weighted by molar-refractivity contribution is -0.136. The van der Waals surface area contributed by atoms with Crippen LogP contribution < -0.4 is 0 Å². The molecule has 1 N–H and O–H groups in total. The maximum atomic E-state index is 10.6. The van der Waals surface area contributed by atoms with Gasteiger partial charge in [-0.2, -0.15) is 5.10 Å². The van der Waals surface area contributed by atoms with Gasteiger partial charge in [0.15, 0.2) is 0 Å². The highest BCUT2D eigenvalue weighted by Gasteiger charge is 2.08. The maximum Gasteiger partial charge on any atom is 0.309 e. The smallest absolute Gasteiger partial charge is 0.309 e. The number of benzene rings is 1. The molecule has 0 saturated carbocycles. The minimum atomic E-state index is -0.891. The van der Waals surface area contributed by atoms with Gasteiger partial charge in [-0.15, -0.1) is 0 Å². The Labute approximate surface area is 103 Å². The fourth-order valence-corrected chi connectivity index (χ4v) is 1.76. The lowest BCUT2D eigenvalue weighted by atomic mass is 10.2. The van der Waals surface area contributed by atoms with E-state index in [9.17, 15) is 4.79 Å². The quantitative estimate of drug-likeness (QED) is 0.910. The van der Waals surface area contributed by atoms with Crippen LogP contribution in [-0.2, 0) is 11.2 Å². The first-order valence-electron chi connectivity index (χ1n) is 5.10. The molecule has 0 atom stereocenters. The standard InChI is InChI=1S/C12H11ClN2O2/c1-8-10(13)3-2-4-11(8)15-6-5-9(14-15)7-12(16)17/h2-6H,7H2,1H3,(H,16,17). The minimum Gasteiger partial charge on any atom is -0.481 e. The number of rotatable bonds is 3. The molecule has 5 heteroatoms. The van der Waals surface area contributed by atoms with E-state index in [0.29, 0.717) is 10.7 Å². The number of nitrogens with zero attached hydrogens (tertiary/aromatic N) is 2. The van der Waals surface area contributed by atoms with Crippen LogP contribution in [0.25, 0.3) is 5.69 Å². The number of carbonyl (C=O) groups is 1. The topological polar surface area (TPSA) is 55.1 Å². The van der Waals surface area contributed by atoms with E-state index in [1.807, 2.05) is 25.1 Å². The van der Waals surface area contributed by atoms with Crippen molar-refractivity contribution in [2.24, 2.45) is 0 Å². The van der Waals surface area contributed by atoms with E-state index < -0.39 is 5.97 Å². The summed E-state index contributed by atoms with van der Waals surface area (Å²) in [6.07, 6.45) is 1.66. The Morgan fingerprint density at radius 1 is 1.47 bits per heavy atom. The molecular weight excluding hydrogens is 240 g/mol. The van der Waals surface area contributed by atoms with Crippen molar-refractivity contribution in [3.8, 4) is 5.69 Å². The Morgan fingerprint density at radius 2 is 2.24 bits per heavy atom. The monoisotopic (exact) mass is 250 g/mol. The van der Waals surface area contributed by atoms with Gasteiger partial charge in [-0.1, -0.05) is 17.7 Å². The first-order chi connectivity index (χ1) is 8.08. The zero-order valence-electron chi connectivity index (χ0n) is 9.22. The van der Waals surface area contributed by atoms with E-state index in [2.05, 4.69) is 5.10 Å². The Hall–Kier alpha value is -1.81. The zero-order chi connectivity index (χ0) is 12.4. The van der Waals surface area contributed by atoms with Crippen LogP contribution in [0, 0.1) is 6.92 Å². The minimum absolute atomic E-state index is 0.0768. The Bertz CT molecular complexity index is 563. The van der Waals surface area contributed by atoms with Crippen LogP contribution in [-0.4, -0.2) is 20.9 Å². The van der Waals surface area contributed by atoms with Crippen LogP contribution >= 0.6 is 11.6 Å². The molecule has 2 rings (SSSR count). The van der Waals surface area contributed by atoms with Crippen LogP contribution in [0.15, 0.2) is 30.5 Å².